The Morgan fingerprint density at radius 2 is 1.58 bits per heavy atom. The Balaban J connectivity index is 1.13. The number of nitrogens with one attached hydrogen (secondary N) is 1. The van der Waals surface area contributed by atoms with E-state index in [9.17, 15) is 4.79 Å². The molecule has 0 radical (unpaired) electrons. The summed E-state index contributed by atoms with van der Waals surface area (Å²) in [6.07, 6.45) is 8.65. The number of benzene rings is 3. The highest BCUT2D eigenvalue weighted by Gasteiger charge is 2.51. The number of rotatable bonds is 4. The van der Waals surface area contributed by atoms with Crippen LogP contribution >= 0.6 is 0 Å². The Kier molecular flexibility index (Phi) is 4.17. The van der Waals surface area contributed by atoms with Crippen LogP contribution in [0.1, 0.15) is 44.9 Å². The molecule has 3 aromatic carbocycles. The highest BCUT2D eigenvalue weighted by Crippen LogP contribution is 2.61. The molecule has 4 aliphatic carbocycles. The van der Waals surface area contributed by atoms with Crippen LogP contribution in [0.3, 0.4) is 0 Å². The van der Waals surface area contributed by atoms with Crippen molar-refractivity contribution in [2.45, 2.75) is 44.9 Å². The molecule has 33 heavy (non-hydrogen) atoms. The summed E-state index contributed by atoms with van der Waals surface area (Å²) in [6.45, 7) is 0. The third-order valence-corrected chi connectivity index (χ3v) is 8.35. The summed E-state index contributed by atoms with van der Waals surface area (Å²) in [4.78, 5) is 14.8. The maximum Gasteiger partial charge on any atom is 0.224 e. The van der Waals surface area contributed by atoms with Gasteiger partial charge in [-0.3, -0.25) is 4.79 Å². The van der Waals surface area contributed by atoms with Gasteiger partial charge in [0.15, 0.2) is 0 Å². The van der Waals surface area contributed by atoms with E-state index in [4.69, 9.17) is 10.2 Å². The van der Waals surface area contributed by atoms with E-state index < -0.39 is 0 Å². The number of fused-ring (bicyclic) bond motifs is 2. The molecule has 4 fully saturated rings. The lowest BCUT2D eigenvalue weighted by molar-refractivity contribution is -0.124. The lowest BCUT2D eigenvalue weighted by Gasteiger charge is -2.56. The van der Waals surface area contributed by atoms with Crippen LogP contribution in [-0.4, -0.2) is 20.9 Å². The number of carbonyl (C=O) groups is 1. The molecule has 0 atom stereocenters. The Bertz CT molecular complexity index is 1350. The Labute approximate surface area is 193 Å². The topological polar surface area (TPSA) is 59.8 Å². The average molecular weight is 437 g/mol. The molecule has 5 nitrogen and oxygen atoms in total. The minimum atomic E-state index is 0.151. The van der Waals surface area contributed by atoms with E-state index in [0.29, 0.717) is 6.42 Å². The van der Waals surface area contributed by atoms with Crippen molar-refractivity contribution in [2.24, 2.45) is 23.2 Å². The van der Waals surface area contributed by atoms with E-state index in [2.05, 4.69) is 23.5 Å². The molecule has 1 heterocycles. The average Bonchev–Trinajstić information content (AvgIpc) is 3.20. The molecule has 8 rings (SSSR count). The predicted molar refractivity (Wildman–Crippen MR) is 130 cm³/mol. The quantitative estimate of drug-likeness (QED) is 0.419. The zero-order chi connectivity index (χ0) is 22.0. The third-order valence-electron chi connectivity index (χ3n) is 8.35. The number of amides is 1. The summed E-state index contributed by atoms with van der Waals surface area (Å²) >= 11 is 0. The smallest absolute Gasteiger partial charge is 0.224 e. The molecule has 0 unspecified atom stereocenters. The van der Waals surface area contributed by atoms with E-state index in [1.54, 1.807) is 4.80 Å². The van der Waals surface area contributed by atoms with Crippen molar-refractivity contribution in [3.8, 4) is 5.69 Å². The number of hydrogen-bond donors (Lipinski definition) is 1. The lowest BCUT2D eigenvalue weighted by Crippen LogP contribution is -2.47. The number of anilines is 1. The van der Waals surface area contributed by atoms with Crippen molar-refractivity contribution in [3.63, 3.8) is 0 Å². The van der Waals surface area contributed by atoms with Crippen molar-refractivity contribution >= 4 is 33.4 Å². The van der Waals surface area contributed by atoms with Gasteiger partial charge in [-0.05, 0) is 91.3 Å². The second kappa shape index (κ2) is 7.14. The first-order valence-electron chi connectivity index (χ1n) is 12.3. The van der Waals surface area contributed by atoms with Gasteiger partial charge in [0.2, 0.25) is 5.91 Å². The van der Waals surface area contributed by atoms with Gasteiger partial charge in [-0.25, -0.2) is 0 Å². The van der Waals surface area contributed by atoms with Gasteiger partial charge in [0, 0.05) is 17.5 Å². The molecule has 4 aliphatic rings. The maximum atomic E-state index is 13.1. The van der Waals surface area contributed by atoms with Crippen LogP contribution in [0.15, 0.2) is 60.7 Å². The zero-order valence-corrected chi connectivity index (χ0v) is 18.7. The molecule has 1 amide bonds. The summed E-state index contributed by atoms with van der Waals surface area (Å²) < 4.78 is 0. The summed E-state index contributed by atoms with van der Waals surface area (Å²) in [6, 6.07) is 20.3. The maximum absolute atomic E-state index is 13.1. The number of aromatic nitrogens is 3. The van der Waals surface area contributed by atoms with Crippen molar-refractivity contribution in [1.82, 2.24) is 15.0 Å². The summed E-state index contributed by atoms with van der Waals surface area (Å²) in [5.74, 6) is 2.75. The third kappa shape index (κ3) is 3.33. The van der Waals surface area contributed by atoms with E-state index in [-0.39, 0.29) is 11.3 Å². The van der Waals surface area contributed by atoms with Crippen molar-refractivity contribution in [2.75, 3.05) is 5.32 Å². The van der Waals surface area contributed by atoms with Crippen molar-refractivity contribution < 1.29 is 4.79 Å². The largest absolute Gasteiger partial charge is 0.326 e. The van der Waals surface area contributed by atoms with Gasteiger partial charge in [-0.1, -0.05) is 36.4 Å². The lowest BCUT2D eigenvalue weighted by atomic mass is 9.49. The molecule has 0 spiro atoms. The van der Waals surface area contributed by atoms with Gasteiger partial charge < -0.3 is 5.32 Å². The predicted octanol–water partition coefficient (Wildman–Crippen LogP) is 6.12. The SMILES string of the molecule is O=C(CC12CC3CC(CC(C3)C1)C2)Nc1ccc2nn(-c3cccc4ccccc34)nc2c1. The molecule has 166 valence electrons. The van der Waals surface area contributed by atoms with Gasteiger partial charge in [-0.2, -0.15) is 0 Å². The summed E-state index contributed by atoms with van der Waals surface area (Å²) in [5, 5.41) is 14.9. The van der Waals surface area contributed by atoms with E-state index in [1.165, 1.54) is 38.5 Å². The van der Waals surface area contributed by atoms with E-state index >= 15 is 0 Å². The van der Waals surface area contributed by atoms with Crippen LogP contribution < -0.4 is 5.32 Å². The summed E-state index contributed by atoms with van der Waals surface area (Å²) in [5.41, 5.74) is 3.62. The van der Waals surface area contributed by atoms with Crippen LogP contribution in [-0.2, 0) is 4.79 Å². The highest BCUT2D eigenvalue weighted by atomic mass is 16.1. The molecule has 0 saturated heterocycles. The minimum Gasteiger partial charge on any atom is -0.326 e. The number of carbonyl (C=O) groups excluding carboxylic acids is 1. The molecule has 1 N–H and O–H groups in total. The minimum absolute atomic E-state index is 0.151. The molecule has 1 aromatic heterocycles. The fourth-order valence-electron chi connectivity index (χ4n) is 7.54. The van der Waals surface area contributed by atoms with Crippen LogP contribution in [0, 0.1) is 23.2 Å². The van der Waals surface area contributed by atoms with Crippen molar-refractivity contribution in [1.29, 1.82) is 0 Å². The van der Waals surface area contributed by atoms with Crippen LogP contribution in [0.2, 0.25) is 0 Å². The number of hydrogen-bond acceptors (Lipinski definition) is 3. The molecular formula is C28H28N4O. The highest BCUT2D eigenvalue weighted by molar-refractivity contribution is 5.94. The molecule has 5 heteroatoms. The zero-order valence-electron chi connectivity index (χ0n) is 18.7. The molecule has 0 aliphatic heterocycles. The normalized spacial score (nSPS) is 27.9. The molecular weight excluding hydrogens is 408 g/mol. The first kappa shape index (κ1) is 19.3. The molecule has 4 saturated carbocycles. The van der Waals surface area contributed by atoms with Gasteiger partial charge in [0.1, 0.15) is 11.0 Å². The first-order valence-corrected chi connectivity index (χ1v) is 12.3. The Morgan fingerprint density at radius 1 is 0.879 bits per heavy atom. The van der Waals surface area contributed by atoms with Gasteiger partial charge in [0.25, 0.3) is 0 Å². The van der Waals surface area contributed by atoms with Crippen LogP contribution in [0.4, 0.5) is 5.69 Å². The fraction of sp³-hybridized carbons (Fsp3) is 0.393. The Hall–Kier alpha value is -3.21. The number of nitrogens with zero attached hydrogens (tertiary/aromatic N) is 3. The van der Waals surface area contributed by atoms with Gasteiger partial charge in [0.05, 0.1) is 5.69 Å². The second-order valence-corrected chi connectivity index (χ2v) is 10.8. The first-order chi connectivity index (χ1) is 16.1. The van der Waals surface area contributed by atoms with Gasteiger partial charge in [-0.15, -0.1) is 15.0 Å². The summed E-state index contributed by atoms with van der Waals surface area (Å²) in [7, 11) is 0. The monoisotopic (exact) mass is 436 g/mol. The van der Waals surface area contributed by atoms with Crippen molar-refractivity contribution in [3.05, 3.63) is 60.7 Å². The van der Waals surface area contributed by atoms with Crippen LogP contribution in [0.5, 0.6) is 0 Å². The molecule has 4 aromatic rings. The van der Waals surface area contributed by atoms with Crippen LogP contribution in [0.25, 0.3) is 27.5 Å². The Morgan fingerprint density at radius 3 is 2.36 bits per heavy atom. The standard InChI is InChI=1S/C28H28N4O/c33-27(17-28-14-18-10-19(15-28)12-20(11-18)16-28)29-22-8-9-24-25(13-22)31-32(30-24)26-7-3-5-21-4-1-2-6-23(21)26/h1-9,13,18-20H,10-12,14-17H2,(H,29,33). The molecule has 4 bridgehead atoms. The fourth-order valence-corrected chi connectivity index (χ4v) is 7.54. The van der Waals surface area contributed by atoms with E-state index in [1.807, 2.05) is 42.5 Å². The second-order valence-electron chi connectivity index (χ2n) is 10.8. The van der Waals surface area contributed by atoms with E-state index in [0.717, 1.165) is 50.9 Å². The van der Waals surface area contributed by atoms with Gasteiger partial charge >= 0.3 is 0 Å².